The van der Waals surface area contributed by atoms with Crippen molar-refractivity contribution in [3.05, 3.63) is 48.4 Å². The molecule has 2 bridgehead atoms. The smallest absolute Gasteiger partial charge is 0.254 e. The van der Waals surface area contributed by atoms with Crippen molar-refractivity contribution in [1.82, 2.24) is 20.2 Å². The Morgan fingerprint density at radius 3 is 3.00 bits per heavy atom. The first kappa shape index (κ1) is 15.1. The van der Waals surface area contributed by atoms with Crippen molar-refractivity contribution in [2.45, 2.75) is 31.3 Å². The molecule has 2 saturated heterocycles. The monoisotopic (exact) mass is 324 g/mol. The average molecular weight is 324 g/mol. The van der Waals surface area contributed by atoms with Crippen LogP contribution in [0.25, 0.3) is 0 Å². The number of nitrogens with one attached hydrogen (secondary N) is 1. The molecule has 1 aromatic heterocycles. The lowest BCUT2D eigenvalue weighted by Crippen LogP contribution is -2.39. The second-order valence-electron chi connectivity index (χ2n) is 6.35. The molecule has 2 unspecified atom stereocenters. The number of benzene rings is 1. The zero-order valence-electron chi connectivity index (χ0n) is 13.4. The highest BCUT2D eigenvalue weighted by Gasteiger charge is 2.31. The van der Waals surface area contributed by atoms with Gasteiger partial charge in [0, 0.05) is 43.1 Å². The Bertz CT molecular complexity index is 722. The summed E-state index contributed by atoms with van der Waals surface area (Å²) in [5.74, 6) is 1.07. The third-order valence-corrected chi connectivity index (χ3v) is 4.65. The van der Waals surface area contributed by atoms with Gasteiger partial charge in [0.1, 0.15) is 5.75 Å². The number of rotatable bonds is 3. The molecule has 0 aliphatic carbocycles. The summed E-state index contributed by atoms with van der Waals surface area (Å²) in [6, 6.07) is 8.26. The van der Waals surface area contributed by atoms with Crippen LogP contribution in [0.3, 0.4) is 0 Å². The van der Waals surface area contributed by atoms with Crippen LogP contribution in [0.2, 0.25) is 0 Å². The van der Waals surface area contributed by atoms with Gasteiger partial charge in [0.25, 0.3) is 5.91 Å². The van der Waals surface area contributed by atoms with Crippen LogP contribution in [0.4, 0.5) is 0 Å². The Morgan fingerprint density at radius 2 is 2.12 bits per heavy atom. The maximum atomic E-state index is 12.8. The van der Waals surface area contributed by atoms with Gasteiger partial charge in [-0.2, -0.15) is 0 Å². The van der Waals surface area contributed by atoms with Gasteiger partial charge in [-0.25, -0.2) is 4.98 Å². The van der Waals surface area contributed by atoms with Gasteiger partial charge in [-0.05, 0) is 37.5 Å². The summed E-state index contributed by atoms with van der Waals surface area (Å²) in [7, 11) is 0. The van der Waals surface area contributed by atoms with Gasteiger partial charge >= 0.3 is 0 Å². The summed E-state index contributed by atoms with van der Waals surface area (Å²) < 4.78 is 5.67. The number of hydrogen-bond acceptors (Lipinski definition) is 5. The second kappa shape index (κ2) is 6.57. The number of hydrogen-bond donors (Lipinski definition) is 1. The van der Waals surface area contributed by atoms with Crippen molar-refractivity contribution >= 4 is 5.91 Å². The number of ether oxygens (including phenoxy) is 1. The van der Waals surface area contributed by atoms with Crippen molar-refractivity contribution < 1.29 is 9.53 Å². The maximum Gasteiger partial charge on any atom is 0.254 e. The number of likely N-dealkylation sites (tertiary alicyclic amines) is 1. The zero-order chi connectivity index (χ0) is 16.4. The second-order valence-corrected chi connectivity index (χ2v) is 6.35. The molecule has 0 radical (unpaired) electrons. The van der Waals surface area contributed by atoms with Gasteiger partial charge in [0.2, 0.25) is 5.88 Å². The van der Waals surface area contributed by atoms with Gasteiger partial charge in [-0.3, -0.25) is 9.78 Å². The van der Waals surface area contributed by atoms with Crippen LogP contribution in [-0.4, -0.2) is 45.9 Å². The quantitative estimate of drug-likeness (QED) is 0.938. The number of amides is 1. The van der Waals surface area contributed by atoms with E-state index in [1.165, 1.54) is 6.42 Å². The molecular formula is C18H20N4O2. The topological polar surface area (TPSA) is 67.3 Å². The zero-order valence-corrected chi connectivity index (χ0v) is 13.4. The predicted molar refractivity (Wildman–Crippen MR) is 89.0 cm³/mol. The van der Waals surface area contributed by atoms with E-state index < -0.39 is 0 Å². The SMILES string of the molecule is O=C(c1cccc(Oc2cnccn2)c1)N1CCC2CCC(C1)N2. The Hall–Kier alpha value is -2.47. The lowest BCUT2D eigenvalue weighted by molar-refractivity contribution is 0.0748. The molecule has 6 nitrogen and oxygen atoms in total. The summed E-state index contributed by atoms with van der Waals surface area (Å²) in [6.07, 6.45) is 8.12. The van der Waals surface area contributed by atoms with E-state index in [1.807, 2.05) is 23.1 Å². The Labute approximate surface area is 140 Å². The molecule has 2 fully saturated rings. The summed E-state index contributed by atoms with van der Waals surface area (Å²) in [6.45, 7) is 1.59. The number of nitrogens with zero attached hydrogens (tertiary/aromatic N) is 3. The maximum absolute atomic E-state index is 12.8. The molecule has 0 saturated carbocycles. The minimum atomic E-state index is 0.0638. The highest BCUT2D eigenvalue weighted by molar-refractivity contribution is 5.94. The van der Waals surface area contributed by atoms with Gasteiger partial charge in [-0.1, -0.05) is 6.07 Å². The minimum absolute atomic E-state index is 0.0638. The number of carbonyl (C=O) groups is 1. The van der Waals surface area contributed by atoms with Crippen molar-refractivity contribution in [3.8, 4) is 11.6 Å². The molecule has 1 N–H and O–H groups in total. The fourth-order valence-corrected chi connectivity index (χ4v) is 3.46. The van der Waals surface area contributed by atoms with Crippen molar-refractivity contribution in [2.75, 3.05) is 13.1 Å². The third kappa shape index (κ3) is 3.23. The van der Waals surface area contributed by atoms with Gasteiger partial charge in [0.15, 0.2) is 0 Å². The normalized spacial score (nSPS) is 22.9. The summed E-state index contributed by atoms with van der Waals surface area (Å²) >= 11 is 0. The first-order valence-electron chi connectivity index (χ1n) is 8.37. The predicted octanol–water partition coefficient (Wildman–Crippen LogP) is 2.24. The molecule has 124 valence electrons. The van der Waals surface area contributed by atoms with Crippen molar-refractivity contribution in [3.63, 3.8) is 0 Å². The van der Waals surface area contributed by atoms with E-state index >= 15 is 0 Å². The van der Waals surface area contributed by atoms with Crippen LogP contribution in [0, 0.1) is 0 Å². The Kier molecular flexibility index (Phi) is 4.13. The average Bonchev–Trinajstić information content (AvgIpc) is 2.94. The Balaban J connectivity index is 1.49. The molecule has 1 amide bonds. The van der Waals surface area contributed by atoms with E-state index in [1.54, 1.807) is 24.7 Å². The van der Waals surface area contributed by atoms with Crippen molar-refractivity contribution in [2.24, 2.45) is 0 Å². The number of carbonyl (C=O) groups excluding carboxylic acids is 1. The molecule has 1 aromatic carbocycles. The van der Waals surface area contributed by atoms with Crippen LogP contribution in [-0.2, 0) is 0 Å². The molecule has 3 heterocycles. The molecule has 4 rings (SSSR count). The molecule has 24 heavy (non-hydrogen) atoms. The van der Waals surface area contributed by atoms with Gasteiger partial charge < -0.3 is 15.0 Å². The van der Waals surface area contributed by atoms with Gasteiger partial charge in [-0.15, -0.1) is 0 Å². The van der Waals surface area contributed by atoms with Crippen LogP contribution in [0.15, 0.2) is 42.9 Å². The molecule has 2 aliphatic rings. The summed E-state index contributed by atoms with van der Waals surface area (Å²) in [4.78, 5) is 22.9. The minimum Gasteiger partial charge on any atom is -0.437 e. The molecule has 0 spiro atoms. The fourth-order valence-electron chi connectivity index (χ4n) is 3.46. The largest absolute Gasteiger partial charge is 0.437 e. The fraction of sp³-hybridized carbons (Fsp3) is 0.389. The number of aromatic nitrogens is 2. The van der Waals surface area contributed by atoms with E-state index in [-0.39, 0.29) is 5.91 Å². The summed E-state index contributed by atoms with van der Waals surface area (Å²) in [5, 5.41) is 3.60. The summed E-state index contributed by atoms with van der Waals surface area (Å²) in [5.41, 5.74) is 0.647. The first-order valence-corrected chi connectivity index (χ1v) is 8.37. The molecule has 2 atom stereocenters. The molecule has 2 aliphatic heterocycles. The van der Waals surface area contributed by atoms with Gasteiger partial charge in [0.05, 0.1) is 6.20 Å². The van der Waals surface area contributed by atoms with E-state index in [0.717, 1.165) is 25.9 Å². The number of fused-ring (bicyclic) bond motifs is 2. The third-order valence-electron chi connectivity index (χ3n) is 4.65. The van der Waals surface area contributed by atoms with E-state index in [2.05, 4.69) is 15.3 Å². The standard InChI is InChI=1S/C18H20N4O2/c23-18(22-9-6-14-4-5-15(12-22)21-14)13-2-1-3-16(10-13)24-17-11-19-7-8-20-17/h1-3,7-8,10-11,14-15,21H,4-6,9,12H2. The molecule has 2 aromatic rings. The van der Waals surface area contributed by atoms with E-state index in [4.69, 9.17) is 4.74 Å². The lowest BCUT2D eigenvalue weighted by Gasteiger charge is -2.24. The Morgan fingerprint density at radius 1 is 1.21 bits per heavy atom. The van der Waals surface area contributed by atoms with Crippen LogP contribution in [0.1, 0.15) is 29.6 Å². The highest BCUT2D eigenvalue weighted by atomic mass is 16.5. The van der Waals surface area contributed by atoms with Crippen LogP contribution >= 0.6 is 0 Å². The van der Waals surface area contributed by atoms with Crippen LogP contribution < -0.4 is 10.1 Å². The molecule has 6 heteroatoms. The van der Waals surface area contributed by atoms with E-state index in [0.29, 0.717) is 29.3 Å². The molecular weight excluding hydrogens is 304 g/mol. The lowest BCUT2D eigenvalue weighted by atomic mass is 10.1. The first-order chi connectivity index (χ1) is 11.8. The highest BCUT2D eigenvalue weighted by Crippen LogP contribution is 2.24. The van der Waals surface area contributed by atoms with Crippen LogP contribution in [0.5, 0.6) is 11.6 Å². The van der Waals surface area contributed by atoms with Crippen molar-refractivity contribution in [1.29, 1.82) is 0 Å². The van der Waals surface area contributed by atoms with E-state index in [9.17, 15) is 4.79 Å².